The summed E-state index contributed by atoms with van der Waals surface area (Å²) in [5.74, 6) is 0. The predicted octanol–water partition coefficient (Wildman–Crippen LogP) is 3.72. The van der Waals surface area contributed by atoms with Crippen molar-refractivity contribution in [1.29, 1.82) is 0 Å². The van der Waals surface area contributed by atoms with Crippen LogP contribution in [0.5, 0.6) is 0 Å². The van der Waals surface area contributed by atoms with E-state index in [1.54, 1.807) is 6.92 Å². The molecule has 0 radical (unpaired) electrons. The Morgan fingerprint density at radius 2 is 2.00 bits per heavy atom. The van der Waals surface area contributed by atoms with Gasteiger partial charge in [0.1, 0.15) is 0 Å². The Kier molecular flexibility index (Phi) is 4.49. The van der Waals surface area contributed by atoms with Crippen LogP contribution in [0.15, 0.2) is 36.0 Å². The summed E-state index contributed by atoms with van der Waals surface area (Å²) in [7, 11) is 0. The van der Waals surface area contributed by atoms with Crippen molar-refractivity contribution in [2.45, 2.75) is 26.7 Å². The molecule has 0 saturated carbocycles. The lowest BCUT2D eigenvalue weighted by molar-refractivity contribution is 0.193. The largest absolute Gasteiger partial charge is 0.264 e. The van der Waals surface area contributed by atoms with Crippen LogP contribution < -0.4 is 0 Å². The summed E-state index contributed by atoms with van der Waals surface area (Å²) in [5, 5.41) is 0. The second-order valence-corrected chi connectivity index (χ2v) is 2.57. The Labute approximate surface area is 72.3 Å². The molecule has 0 aliphatic carbocycles. The van der Waals surface area contributed by atoms with Gasteiger partial charge in [-0.05, 0) is 18.9 Å². The minimum atomic E-state index is -2.45. The first kappa shape index (κ1) is 11.1. The molecule has 0 nitrogen and oxygen atoms in total. The maximum absolute atomic E-state index is 12.3. The quantitative estimate of drug-likeness (QED) is 0.567. The van der Waals surface area contributed by atoms with Gasteiger partial charge in [-0.15, -0.1) is 0 Å². The van der Waals surface area contributed by atoms with Crippen molar-refractivity contribution in [2.24, 2.45) is 0 Å². The summed E-state index contributed by atoms with van der Waals surface area (Å²) in [6.07, 6.45) is -0.673. The molecule has 0 saturated heterocycles. The molecule has 0 atom stereocenters. The van der Waals surface area contributed by atoms with E-state index in [0.29, 0.717) is 17.6 Å². The first-order valence-corrected chi connectivity index (χ1v) is 3.84. The first-order valence-electron chi connectivity index (χ1n) is 3.84. The van der Waals surface area contributed by atoms with E-state index in [9.17, 15) is 8.78 Å². The van der Waals surface area contributed by atoms with Gasteiger partial charge in [0.05, 0.1) is 0 Å². The normalized spacial score (nSPS) is 12.8. The standard InChI is InChI=1S/C10H14F2/c1-5-8(7(3)4)9(6-2)10(11)12/h6,10H,2-3,5H2,1,4H3/b9-8+. The summed E-state index contributed by atoms with van der Waals surface area (Å²) in [5.41, 5.74) is 1.30. The van der Waals surface area contributed by atoms with Crippen molar-refractivity contribution in [3.8, 4) is 0 Å². The third kappa shape index (κ3) is 2.61. The van der Waals surface area contributed by atoms with Crippen LogP contribution in [0.3, 0.4) is 0 Å². The third-order valence-electron chi connectivity index (χ3n) is 1.67. The average Bonchev–Trinajstić information content (AvgIpc) is 1.98. The van der Waals surface area contributed by atoms with E-state index < -0.39 is 6.43 Å². The highest BCUT2D eigenvalue weighted by molar-refractivity contribution is 5.37. The van der Waals surface area contributed by atoms with Gasteiger partial charge >= 0.3 is 0 Å². The van der Waals surface area contributed by atoms with E-state index in [1.807, 2.05) is 6.92 Å². The molecular formula is C10H14F2. The van der Waals surface area contributed by atoms with Gasteiger partial charge in [0.25, 0.3) is 6.43 Å². The summed E-state index contributed by atoms with van der Waals surface area (Å²) >= 11 is 0. The monoisotopic (exact) mass is 172 g/mol. The Morgan fingerprint density at radius 3 is 2.08 bits per heavy atom. The van der Waals surface area contributed by atoms with Crippen LogP contribution in [0.1, 0.15) is 20.3 Å². The Hall–Kier alpha value is -0.920. The summed E-state index contributed by atoms with van der Waals surface area (Å²) < 4.78 is 24.7. The molecule has 0 aliphatic rings. The molecule has 0 aromatic heterocycles. The molecule has 0 amide bonds. The third-order valence-corrected chi connectivity index (χ3v) is 1.67. The zero-order valence-electron chi connectivity index (χ0n) is 7.53. The fourth-order valence-corrected chi connectivity index (χ4v) is 1.10. The van der Waals surface area contributed by atoms with Crippen molar-refractivity contribution in [1.82, 2.24) is 0 Å². The number of halogens is 2. The molecule has 12 heavy (non-hydrogen) atoms. The van der Waals surface area contributed by atoms with Gasteiger partial charge in [-0.1, -0.05) is 31.7 Å². The van der Waals surface area contributed by atoms with Crippen LogP contribution in [-0.4, -0.2) is 6.43 Å². The molecular weight excluding hydrogens is 158 g/mol. The zero-order chi connectivity index (χ0) is 9.72. The highest BCUT2D eigenvalue weighted by Crippen LogP contribution is 2.22. The van der Waals surface area contributed by atoms with Crippen molar-refractivity contribution in [2.75, 3.05) is 0 Å². The van der Waals surface area contributed by atoms with E-state index >= 15 is 0 Å². The van der Waals surface area contributed by atoms with Gasteiger partial charge < -0.3 is 0 Å². The predicted molar refractivity (Wildman–Crippen MR) is 48.3 cm³/mol. The summed E-state index contributed by atoms with van der Waals surface area (Å²) in [4.78, 5) is 0. The fraction of sp³-hybridized carbons (Fsp3) is 0.400. The van der Waals surface area contributed by atoms with Crippen molar-refractivity contribution in [3.05, 3.63) is 36.0 Å². The van der Waals surface area contributed by atoms with Crippen LogP contribution in [0.4, 0.5) is 8.78 Å². The van der Waals surface area contributed by atoms with Gasteiger partial charge in [0, 0.05) is 5.57 Å². The molecule has 2 heteroatoms. The molecule has 0 N–H and O–H groups in total. The van der Waals surface area contributed by atoms with E-state index in [2.05, 4.69) is 13.2 Å². The lowest BCUT2D eigenvalue weighted by Gasteiger charge is -2.09. The van der Waals surface area contributed by atoms with Gasteiger partial charge in [-0.2, -0.15) is 0 Å². The van der Waals surface area contributed by atoms with Crippen LogP contribution in [0.2, 0.25) is 0 Å². The topological polar surface area (TPSA) is 0 Å². The smallest absolute Gasteiger partial charge is 0.205 e. The summed E-state index contributed by atoms with van der Waals surface area (Å²) in [6.45, 7) is 10.5. The molecule has 0 unspecified atom stereocenters. The van der Waals surface area contributed by atoms with Crippen molar-refractivity contribution >= 4 is 0 Å². The van der Waals surface area contributed by atoms with Gasteiger partial charge in [0.2, 0.25) is 0 Å². The second-order valence-electron chi connectivity index (χ2n) is 2.57. The molecule has 0 aromatic carbocycles. The molecule has 0 spiro atoms. The Morgan fingerprint density at radius 1 is 1.50 bits per heavy atom. The Balaban J connectivity index is 5.01. The number of rotatable bonds is 4. The van der Waals surface area contributed by atoms with E-state index in [0.717, 1.165) is 0 Å². The minimum Gasteiger partial charge on any atom is -0.205 e. The van der Waals surface area contributed by atoms with Crippen molar-refractivity contribution in [3.63, 3.8) is 0 Å². The number of hydrogen-bond donors (Lipinski definition) is 0. The highest BCUT2D eigenvalue weighted by Gasteiger charge is 2.12. The first-order chi connectivity index (χ1) is 5.54. The molecule has 0 fully saturated rings. The number of alkyl halides is 2. The zero-order valence-corrected chi connectivity index (χ0v) is 7.53. The molecule has 0 bridgehead atoms. The average molecular weight is 172 g/mol. The van der Waals surface area contributed by atoms with Crippen LogP contribution in [0, 0.1) is 0 Å². The highest BCUT2D eigenvalue weighted by atomic mass is 19.3. The van der Waals surface area contributed by atoms with E-state index in [-0.39, 0.29) is 5.57 Å². The Bertz CT molecular complexity index is 212. The van der Waals surface area contributed by atoms with Crippen LogP contribution in [-0.2, 0) is 0 Å². The number of allylic oxidation sites excluding steroid dienone is 4. The molecule has 0 rings (SSSR count). The lowest BCUT2D eigenvalue weighted by atomic mass is 10.00. The van der Waals surface area contributed by atoms with E-state index in [1.165, 1.54) is 6.08 Å². The van der Waals surface area contributed by atoms with Crippen molar-refractivity contribution < 1.29 is 8.78 Å². The minimum absolute atomic E-state index is 0.00463. The maximum atomic E-state index is 12.3. The molecule has 0 aliphatic heterocycles. The lowest BCUT2D eigenvalue weighted by Crippen LogP contribution is -1.99. The number of hydrogen-bond acceptors (Lipinski definition) is 0. The van der Waals surface area contributed by atoms with Gasteiger partial charge in [0.15, 0.2) is 0 Å². The summed E-state index contributed by atoms with van der Waals surface area (Å²) in [6, 6.07) is 0. The van der Waals surface area contributed by atoms with Crippen LogP contribution >= 0.6 is 0 Å². The van der Waals surface area contributed by atoms with Crippen LogP contribution in [0.25, 0.3) is 0 Å². The molecule has 68 valence electrons. The second kappa shape index (κ2) is 4.86. The fourth-order valence-electron chi connectivity index (χ4n) is 1.10. The maximum Gasteiger partial charge on any atom is 0.264 e. The van der Waals surface area contributed by atoms with Gasteiger partial charge in [-0.25, -0.2) is 8.78 Å². The SMILES string of the molecule is C=C/C(=C(/CC)C(=C)C)C(F)F. The molecule has 0 aromatic rings. The van der Waals surface area contributed by atoms with Gasteiger partial charge in [-0.3, -0.25) is 0 Å². The molecule has 0 heterocycles. The van der Waals surface area contributed by atoms with E-state index in [4.69, 9.17) is 0 Å².